The maximum Gasteiger partial charge on any atom is 0.338 e. The molecule has 0 aliphatic carbocycles. The Morgan fingerprint density at radius 3 is 2.63 bits per heavy atom. The van der Waals surface area contributed by atoms with Crippen molar-refractivity contribution in [2.75, 3.05) is 13.1 Å². The van der Waals surface area contributed by atoms with E-state index >= 15 is 0 Å². The Morgan fingerprint density at radius 1 is 1.27 bits per heavy atom. The molecule has 1 saturated heterocycles. The zero-order valence-electron chi connectivity index (χ0n) is 15.9. The molecule has 0 unspecified atom stereocenters. The van der Waals surface area contributed by atoms with Crippen molar-refractivity contribution in [3.8, 4) is 10.7 Å². The standard InChI is InChI=1S/C19H18FN3O5S2/c1-11-2-5-16(29-11)17-21-18(28-22-17)12-6-8-23(9-7-12)30(26,27)13-3-4-15(20)14(10-13)19(24)25/h2-5,10,12H,6-9H2,1H3,(H,24,25). The highest BCUT2D eigenvalue weighted by molar-refractivity contribution is 7.89. The van der Waals surface area contributed by atoms with Gasteiger partial charge in [-0.15, -0.1) is 11.3 Å². The SMILES string of the molecule is Cc1ccc(-c2noc(C3CCN(S(=O)(=O)c4ccc(F)c(C(=O)O)c4)CC3)n2)s1. The molecule has 1 aliphatic heterocycles. The molecule has 1 fully saturated rings. The van der Waals surface area contributed by atoms with Gasteiger partial charge in [-0.1, -0.05) is 5.16 Å². The summed E-state index contributed by atoms with van der Waals surface area (Å²) in [4.78, 5) is 17.4. The van der Waals surface area contributed by atoms with E-state index in [0.717, 1.165) is 28.0 Å². The Hall–Kier alpha value is -2.63. The molecule has 2 aromatic heterocycles. The minimum absolute atomic E-state index is 0.0680. The third-order valence-electron chi connectivity index (χ3n) is 5.01. The normalized spacial score (nSPS) is 16.1. The molecule has 0 radical (unpaired) electrons. The van der Waals surface area contributed by atoms with E-state index < -0.39 is 27.4 Å². The molecular formula is C19H18FN3O5S2. The second kappa shape index (κ2) is 7.89. The van der Waals surface area contributed by atoms with Crippen molar-refractivity contribution in [3.05, 3.63) is 52.5 Å². The van der Waals surface area contributed by atoms with E-state index in [4.69, 9.17) is 9.63 Å². The number of halogens is 1. The summed E-state index contributed by atoms with van der Waals surface area (Å²) in [6.45, 7) is 2.41. The summed E-state index contributed by atoms with van der Waals surface area (Å²) in [5.74, 6) is -1.57. The van der Waals surface area contributed by atoms with Crippen LogP contribution in [0, 0.1) is 12.7 Å². The minimum Gasteiger partial charge on any atom is -0.478 e. The molecule has 158 valence electrons. The van der Waals surface area contributed by atoms with Crippen LogP contribution in [0.2, 0.25) is 0 Å². The Labute approximate surface area is 176 Å². The van der Waals surface area contributed by atoms with E-state index in [1.54, 1.807) is 11.3 Å². The van der Waals surface area contributed by atoms with E-state index in [9.17, 15) is 17.6 Å². The number of thiophene rings is 1. The molecule has 1 aromatic carbocycles. The van der Waals surface area contributed by atoms with E-state index in [0.29, 0.717) is 24.6 Å². The second-order valence-corrected chi connectivity index (χ2v) is 10.2. The number of hydrogen-bond donors (Lipinski definition) is 1. The first-order valence-corrected chi connectivity index (χ1v) is 11.4. The van der Waals surface area contributed by atoms with Crippen molar-refractivity contribution in [3.63, 3.8) is 0 Å². The summed E-state index contributed by atoms with van der Waals surface area (Å²) >= 11 is 1.57. The van der Waals surface area contributed by atoms with Crippen molar-refractivity contribution < 1.29 is 27.2 Å². The van der Waals surface area contributed by atoms with Crippen molar-refractivity contribution in [1.82, 2.24) is 14.4 Å². The summed E-state index contributed by atoms with van der Waals surface area (Å²) < 4.78 is 46.0. The maximum atomic E-state index is 13.6. The molecule has 3 aromatic rings. The summed E-state index contributed by atoms with van der Waals surface area (Å²) in [6.07, 6.45) is 0.967. The molecule has 11 heteroatoms. The van der Waals surface area contributed by atoms with Crippen LogP contribution in [0.3, 0.4) is 0 Å². The van der Waals surface area contributed by atoms with Gasteiger partial charge in [0.1, 0.15) is 5.82 Å². The lowest BCUT2D eigenvalue weighted by Crippen LogP contribution is -2.38. The molecule has 0 spiro atoms. The first-order valence-electron chi connectivity index (χ1n) is 9.19. The Bertz CT molecular complexity index is 1200. The van der Waals surface area contributed by atoms with Crippen LogP contribution in [0.4, 0.5) is 4.39 Å². The molecule has 3 heterocycles. The maximum absolute atomic E-state index is 13.6. The van der Waals surface area contributed by atoms with Crippen LogP contribution in [-0.4, -0.2) is 47.0 Å². The van der Waals surface area contributed by atoms with Gasteiger partial charge in [-0.05, 0) is 50.1 Å². The van der Waals surface area contributed by atoms with Gasteiger partial charge in [0.25, 0.3) is 0 Å². The minimum atomic E-state index is -3.94. The van der Waals surface area contributed by atoms with Crippen LogP contribution in [-0.2, 0) is 10.0 Å². The lowest BCUT2D eigenvalue weighted by Gasteiger charge is -2.29. The predicted octanol–water partition coefficient (Wildman–Crippen LogP) is 3.51. The number of carboxylic acids is 1. The molecular weight excluding hydrogens is 433 g/mol. The number of rotatable bonds is 5. The second-order valence-electron chi connectivity index (χ2n) is 6.99. The van der Waals surface area contributed by atoms with Crippen LogP contribution >= 0.6 is 11.3 Å². The highest BCUT2D eigenvalue weighted by Crippen LogP contribution is 2.32. The van der Waals surface area contributed by atoms with Crippen LogP contribution in [0.1, 0.15) is 39.9 Å². The van der Waals surface area contributed by atoms with Gasteiger partial charge in [0.15, 0.2) is 0 Å². The average molecular weight is 452 g/mol. The number of nitrogens with zero attached hydrogens (tertiary/aromatic N) is 3. The molecule has 30 heavy (non-hydrogen) atoms. The molecule has 8 nitrogen and oxygen atoms in total. The Kier molecular flexibility index (Phi) is 5.43. The molecule has 0 amide bonds. The highest BCUT2D eigenvalue weighted by Gasteiger charge is 2.33. The number of carboxylic acid groups (broad SMARTS) is 1. The van der Waals surface area contributed by atoms with Gasteiger partial charge in [-0.2, -0.15) is 9.29 Å². The van der Waals surface area contributed by atoms with Crippen LogP contribution in [0.25, 0.3) is 10.7 Å². The van der Waals surface area contributed by atoms with E-state index in [2.05, 4.69) is 10.1 Å². The highest BCUT2D eigenvalue weighted by atomic mass is 32.2. The monoisotopic (exact) mass is 451 g/mol. The number of aromatic nitrogens is 2. The smallest absolute Gasteiger partial charge is 0.338 e. The fourth-order valence-corrected chi connectivity index (χ4v) is 5.67. The van der Waals surface area contributed by atoms with Crippen LogP contribution in [0.15, 0.2) is 39.8 Å². The lowest BCUT2D eigenvalue weighted by molar-refractivity contribution is 0.0691. The Balaban J connectivity index is 1.47. The number of sulfonamides is 1. The topological polar surface area (TPSA) is 114 Å². The van der Waals surface area contributed by atoms with Crippen LogP contribution < -0.4 is 0 Å². The number of hydrogen-bond acceptors (Lipinski definition) is 7. The fraction of sp³-hybridized carbons (Fsp3) is 0.316. The van der Waals surface area contributed by atoms with Gasteiger partial charge in [-0.25, -0.2) is 17.6 Å². The van der Waals surface area contributed by atoms with Gasteiger partial charge in [0.2, 0.25) is 21.7 Å². The predicted molar refractivity (Wildman–Crippen MR) is 106 cm³/mol. The first kappa shape index (κ1) is 20.6. The van der Waals surface area contributed by atoms with Gasteiger partial charge >= 0.3 is 5.97 Å². The van der Waals surface area contributed by atoms with E-state index in [1.165, 1.54) is 4.31 Å². The third-order valence-corrected chi connectivity index (χ3v) is 7.90. The van der Waals surface area contributed by atoms with E-state index in [-0.39, 0.29) is 23.9 Å². The van der Waals surface area contributed by atoms with Crippen molar-refractivity contribution in [2.24, 2.45) is 0 Å². The largest absolute Gasteiger partial charge is 0.478 e. The number of carbonyl (C=O) groups is 1. The first-order chi connectivity index (χ1) is 14.3. The summed E-state index contributed by atoms with van der Waals surface area (Å²) in [6, 6.07) is 6.70. The van der Waals surface area contributed by atoms with Gasteiger partial charge < -0.3 is 9.63 Å². The molecule has 1 aliphatic rings. The fourth-order valence-electron chi connectivity index (χ4n) is 3.38. The molecule has 0 saturated carbocycles. The zero-order valence-corrected chi connectivity index (χ0v) is 17.5. The van der Waals surface area contributed by atoms with Crippen molar-refractivity contribution >= 4 is 27.3 Å². The number of piperidine rings is 1. The zero-order chi connectivity index (χ0) is 21.5. The summed E-state index contributed by atoms with van der Waals surface area (Å²) in [7, 11) is -3.94. The number of aromatic carboxylic acids is 1. The van der Waals surface area contributed by atoms with E-state index in [1.807, 2.05) is 19.1 Å². The molecule has 4 rings (SSSR count). The quantitative estimate of drug-likeness (QED) is 0.631. The third kappa shape index (κ3) is 3.87. The van der Waals surface area contributed by atoms with Gasteiger partial charge in [0, 0.05) is 23.9 Å². The van der Waals surface area contributed by atoms with Gasteiger partial charge in [0.05, 0.1) is 15.3 Å². The van der Waals surface area contributed by atoms with Crippen molar-refractivity contribution in [1.29, 1.82) is 0 Å². The van der Waals surface area contributed by atoms with Gasteiger partial charge in [-0.3, -0.25) is 0 Å². The average Bonchev–Trinajstić information content (AvgIpc) is 3.37. The summed E-state index contributed by atoms with van der Waals surface area (Å²) in [5, 5.41) is 13.1. The summed E-state index contributed by atoms with van der Waals surface area (Å²) in [5.41, 5.74) is -0.673. The van der Waals surface area contributed by atoms with Crippen LogP contribution in [0.5, 0.6) is 0 Å². The molecule has 0 bridgehead atoms. The van der Waals surface area contributed by atoms with Crippen molar-refractivity contribution in [2.45, 2.75) is 30.6 Å². The lowest BCUT2D eigenvalue weighted by atomic mass is 9.98. The number of aryl methyl sites for hydroxylation is 1. The number of benzene rings is 1. The molecule has 0 atom stereocenters. The molecule has 1 N–H and O–H groups in total. The Morgan fingerprint density at radius 2 is 2.00 bits per heavy atom.